The molecule has 7 heteroatoms. The van der Waals surface area contributed by atoms with Crippen molar-refractivity contribution < 1.29 is 19.1 Å². The minimum atomic E-state index is -0.887. The predicted octanol–water partition coefficient (Wildman–Crippen LogP) is 3.49. The average Bonchev–Trinajstić information content (AvgIpc) is 3.21. The van der Waals surface area contributed by atoms with Crippen molar-refractivity contribution >= 4 is 16.9 Å². The standard InChI is InChI=1S/C21H16N2O5/c1-27-19-9-17-14(7-15(19)20-10-22-11-28-20)18(24)8-16(23-17)13-4-2-12(3-5-13)6-21(25)26/h2-5,7-11H,6H2,1H3,(H,23,24)(H,25,26). The van der Waals surface area contributed by atoms with Crippen LogP contribution in [0.5, 0.6) is 5.75 Å². The molecule has 2 aromatic heterocycles. The Morgan fingerprint density at radius 2 is 2.00 bits per heavy atom. The van der Waals surface area contributed by atoms with Crippen LogP contribution in [-0.2, 0) is 11.2 Å². The van der Waals surface area contributed by atoms with E-state index in [-0.39, 0.29) is 11.8 Å². The second-order valence-corrected chi connectivity index (χ2v) is 6.28. The Balaban J connectivity index is 1.81. The molecular weight excluding hydrogens is 360 g/mol. The van der Waals surface area contributed by atoms with Crippen molar-refractivity contribution in [3.8, 4) is 28.3 Å². The number of H-pyrrole nitrogens is 1. The lowest BCUT2D eigenvalue weighted by atomic mass is 10.0. The van der Waals surface area contributed by atoms with E-state index in [0.717, 1.165) is 5.56 Å². The van der Waals surface area contributed by atoms with Gasteiger partial charge in [-0.1, -0.05) is 24.3 Å². The molecule has 140 valence electrons. The Hall–Kier alpha value is -3.87. The van der Waals surface area contributed by atoms with Gasteiger partial charge >= 0.3 is 5.97 Å². The normalized spacial score (nSPS) is 10.9. The van der Waals surface area contributed by atoms with E-state index in [1.165, 1.54) is 12.5 Å². The van der Waals surface area contributed by atoms with Crippen LogP contribution in [0.25, 0.3) is 33.5 Å². The summed E-state index contributed by atoms with van der Waals surface area (Å²) in [5.41, 5.74) is 3.22. The lowest BCUT2D eigenvalue weighted by Gasteiger charge is -2.10. The molecule has 0 radical (unpaired) electrons. The molecule has 0 bridgehead atoms. The molecule has 2 aromatic carbocycles. The van der Waals surface area contributed by atoms with Gasteiger partial charge in [0.15, 0.2) is 17.6 Å². The molecule has 28 heavy (non-hydrogen) atoms. The smallest absolute Gasteiger partial charge is 0.307 e. The molecule has 0 aliphatic carbocycles. The number of hydrogen-bond donors (Lipinski definition) is 2. The van der Waals surface area contributed by atoms with E-state index in [1.54, 1.807) is 49.7 Å². The van der Waals surface area contributed by atoms with E-state index in [9.17, 15) is 9.59 Å². The van der Waals surface area contributed by atoms with Gasteiger partial charge in [-0.2, -0.15) is 0 Å². The number of nitrogens with zero attached hydrogens (tertiary/aromatic N) is 1. The number of pyridine rings is 1. The van der Waals surface area contributed by atoms with Gasteiger partial charge in [0, 0.05) is 23.2 Å². The molecule has 0 spiro atoms. The summed E-state index contributed by atoms with van der Waals surface area (Å²) < 4.78 is 10.8. The minimum Gasteiger partial charge on any atom is -0.496 e. The first kappa shape index (κ1) is 17.5. The third-order valence-electron chi connectivity index (χ3n) is 4.47. The highest BCUT2D eigenvalue weighted by Crippen LogP contribution is 2.33. The Morgan fingerprint density at radius 3 is 2.64 bits per heavy atom. The number of carboxylic acids is 1. The van der Waals surface area contributed by atoms with Crippen molar-refractivity contribution in [3.05, 3.63) is 70.8 Å². The summed E-state index contributed by atoms with van der Waals surface area (Å²) >= 11 is 0. The van der Waals surface area contributed by atoms with E-state index in [4.69, 9.17) is 14.3 Å². The van der Waals surface area contributed by atoms with Crippen molar-refractivity contribution in [1.82, 2.24) is 9.97 Å². The fourth-order valence-electron chi connectivity index (χ4n) is 3.12. The van der Waals surface area contributed by atoms with Crippen molar-refractivity contribution in [2.24, 2.45) is 0 Å². The van der Waals surface area contributed by atoms with Crippen LogP contribution in [0.4, 0.5) is 0 Å². The zero-order valence-electron chi connectivity index (χ0n) is 14.9. The largest absolute Gasteiger partial charge is 0.496 e. The van der Waals surface area contributed by atoms with Crippen molar-refractivity contribution in [3.63, 3.8) is 0 Å². The van der Waals surface area contributed by atoms with E-state index in [0.29, 0.717) is 39.2 Å². The van der Waals surface area contributed by atoms with Crippen LogP contribution in [0.3, 0.4) is 0 Å². The molecular formula is C21H16N2O5. The van der Waals surface area contributed by atoms with Crippen LogP contribution >= 0.6 is 0 Å². The Bertz CT molecular complexity index is 1210. The monoisotopic (exact) mass is 376 g/mol. The van der Waals surface area contributed by atoms with Gasteiger partial charge in [0.05, 0.1) is 30.8 Å². The van der Waals surface area contributed by atoms with Crippen LogP contribution in [0.1, 0.15) is 5.56 Å². The number of benzene rings is 2. The number of methoxy groups -OCH3 is 1. The van der Waals surface area contributed by atoms with Crippen LogP contribution in [-0.4, -0.2) is 28.2 Å². The first-order valence-corrected chi connectivity index (χ1v) is 8.50. The van der Waals surface area contributed by atoms with Crippen LogP contribution in [0.2, 0.25) is 0 Å². The molecule has 7 nitrogen and oxygen atoms in total. The molecule has 0 saturated carbocycles. The number of ether oxygens (including phenoxy) is 1. The summed E-state index contributed by atoms with van der Waals surface area (Å²) in [6.45, 7) is 0. The SMILES string of the molecule is COc1cc2[nH]c(-c3ccc(CC(=O)O)cc3)cc(=O)c2cc1-c1cnco1. The highest BCUT2D eigenvalue weighted by molar-refractivity contribution is 5.88. The van der Waals surface area contributed by atoms with Gasteiger partial charge in [0.2, 0.25) is 0 Å². The molecule has 0 aliphatic heterocycles. The van der Waals surface area contributed by atoms with Crippen LogP contribution < -0.4 is 10.2 Å². The Kier molecular flexibility index (Phi) is 4.41. The van der Waals surface area contributed by atoms with Crippen molar-refractivity contribution in [2.75, 3.05) is 7.11 Å². The van der Waals surface area contributed by atoms with E-state index in [1.807, 2.05) is 0 Å². The summed E-state index contributed by atoms with van der Waals surface area (Å²) in [7, 11) is 1.55. The number of fused-ring (bicyclic) bond motifs is 1. The molecule has 4 aromatic rings. The topological polar surface area (TPSA) is 105 Å². The number of oxazole rings is 1. The molecule has 0 fully saturated rings. The maximum absolute atomic E-state index is 12.7. The molecule has 4 rings (SSSR count). The first-order chi connectivity index (χ1) is 13.5. The first-order valence-electron chi connectivity index (χ1n) is 8.50. The van der Waals surface area contributed by atoms with Gasteiger partial charge in [-0.15, -0.1) is 0 Å². The Labute approximate surface area is 159 Å². The number of aromatic amines is 1. The molecule has 2 heterocycles. The van der Waals surface area contributed by atoms with Gasteiger partial charge < -0.3 is 19.2 Å². The number of rotatable bonds is 5. The minimum absolute atomic E-state index is 0.0455. The van der Waals surface area contributed by atoms with Crippen molar-refractivity contribution in [2.45, 2.75) is 6.42 Å². The van der Waals surface area contributed by atoms with Crippen LogP contribution in [0, 0.1) is 0 Å². The summed E-state index contributed by atoms with van der Waals surface area (Å²) in [5, 5.41) is 9.38. The van der Waals surface area contributed by atoms with Gasteiger partial charge in [0.1, 0.15) is 5.75 Å². The highest BCUT2D eigenvalue weighted by atomic mass is 16.5. The quantitative estimate of drug-likeness (QED) is 0.552. The summed E-state index contributed by atoms with van der Waals surface area (Å²) in [6.07, 6.45) is 2.83. The molecule has 2 N–H and O–H groups in total. The van der Waals surface area contributed by atoms with Gasteiger partial charge in [-0.3, -0.25) is 9.59 Å². The summed E-state index contributed by atoms with van der Waals surface area (Å²) in [6, 6.07) is 12.0. The van der Waals surface area contributed by atoms with E-state index in [2.05, 4.69) is 9.97 Å². The lowest BCUT2D eigenvalue weighted by Crippen LogP contribution is -2.04. The summed E-state index contributed by atoms with van der Waals surface area (Å²) in [5.74, 6) is 0.173. The zero-order chi connectivity index (χ0) is 19.7. The van der Waals surface area contributed by atoms with Crippen LogP contribution in [0.15, 0.2) is 64.3 Å². The van der Waals surface area contributed by atoms with Gasteiger partial charge in [-0.05, 0) is 17.2 Å². The molecule has 0 aliphatic rings. The summed E-state index contributed by atoms with van der Waals surface area (Å²) in [4.78, 5) is 30.7. The number of aromatic nitrogens is 2. The molecule has 0 saturated heterocycles. The van der Waals surface area contributed by atoms with E-state index >= 15 is 0 Å². The second-order valence-electron chi connectivity index (χ2n) is 6.28. The molecule has 0 atom stereocenters. The number of hydrogen-bond acceptors (Lipinski definition) is 5. The number of carboxylic acid groups (broad SMARTS) is 1. The van der Waals surface area contributed by atoms with Gasteiger partial charge in [0.25, 0.3) is 0 Å². The Morgan fingerprint density at radius 1 is 1.21 bits per heavy atom. The molecule has 0 unspecified atom stereocenters. The van der Waals surface area contributed by atoms with E-state index < -0.39 is 5.97 Å². The number of aliphatic carboxylic acids is 1. The third-order valence-corrected chi connectivity index (χ3v) is 4.47. The average molecular weight is 376 g/mol. The molecule has 0 amide bonds. The number of carbonyl (C=O) groups is 1. The lowest BCUT2D eigenvalue weighted by molar-refractivity contribution is -0.136. The fourth-order valence-corrected chi connectivity index (χ4v) is 3.12. The third kappa shape index (κ3) is 3.25. The zero-order valence-corrected chi connectivity index (χ0v) is 14.9. The second kappa shape index (κ2) is 7.03. The fraction of sp³-hybridized carbons (Fsp3) is 0.0952. The maximum Gasteiger partial charge on any atom is 0.307 e. The van der Waals surface area contributed by atoms with Gasteiger partial charge in [-0.25, -0.2) is 4.98 Å². The number of nitrogens with one attached hydrogen (secondary N) is 1. The highest BCUT2D eigenvalue weighted by Gasteiger charge is 2.14. The maximum atomic E-state index is 12.7. The predicted molar refractivity (Wildman–Crippen MR) is 103 cm³/mol. The van der Waals surface area contributed by atoms with Crippen molar-refractivity contribution in [1.29, 1.82) is 0 Å².